The summed E-state index contributed by atoms with van der Waals surface area (Å²) >= 11 is 5.54. The summed E-state index contributed by atoms with van der Waals surface area (Å²) in [7, 11) is 0. The highest BCUT2D eigenvalue weighted by molar-refractivity contribution is 6.28. The van der Waals surface area contributed by atoms with Crippen molar-refractivity contribution in [1.82, 2.24) is 0 Å². The molecule has 1 unspecified atom stereocenters. The number of nitriles is 1. The molecule has 0 fully saturated rings. The van der Waals surface area contributed by atoms with E-state index >= 15 is 0 Å². The Bertz CT molecular complexity index is 955. The first-order valence-corrected chi connectivity index (χ1v) is 7.50. The topological polar surface area (TPSA) is 50.1 Å². The van der Waals surface area contributed by atoms with Crippen molar-refractivity contribution in [3.8, 4) is 17.6 Å². The maximum atomic E-state index is 13.8. The third-order valence-electron chi connectivity index (χ3n) is 3.81. The maximum absolute atomic E-state index is 13.8. The number of benzene rings is 2. The molecule has 1 atom stereocenters. The summed E-state index contributed by atoms with van der Waals surface area (Å²) in [5.74, 6) is -7.63. The molecule has 0 aliphatic heterocycles. The number of rotatable bonds is 3. The molecule has 26 heavy (non-hydrogen) atoms. The van der Waals surface area contributed by atoms with Gasteiger partial charge in [-0.1, -0.05) is 6.07 Å². The number of carbonyl (C=O) groups excluding carboxylic acids is 1. The van der Waals surface area contributed by atoms with Crippen LogP contribution in [0.25, 0.3) is 0 Å². The second-order valence-corrected chi connectivity index (χ2v) is 5.88. The van der Waals surface area contributed by atoms with Gasteiger partial charge in [0.25, 0.3) is 6.43 Å². The molecule has 0 aromatic heterocycles. The zero-order chi connectivity index (χ0) is 19.2. The third-order valence-corrected chi connectivity index (χ3v) is 4.31. The van der Waals surface area contributed by atoms with Crippen molar-refractivity contribution in [3.05, 3.63) is 58.4 Å². The van der Waals surface area contributed by atoms with Crippen LogP contribution < -0.4 is 4.74 Å². The summed E-state index contributed by atoms with van der Waals surface area (Å²) in [6.45, 7) is 0. The highest BCUT2D eigenvalue weighted by atomic mass is 35.5. The first-order valence-electron chi connectivity index (χ1n) is 7.07. The number of alkyl halides is 5. The van der Waals surface area contributed by atoms with Crippen molar-refractivity contribution in [2.24, 2.45) is 0 Å². The van der Waals surface area contributed by atoms with E-state index in [4.69, 9.17) is 21.6 Å². The molecule has 3 rings (SSSR count). The number of hydrogen-bond donors (Lipinski definition) is 0. The minimum Gasteiger partial charge on any atom is -0.457 e. The quantitative estimate of drug-likeness (QED) is 0.513. The molecule has 1 aliphatic carbocycles. The molecule has 0 bridgehead atoms. The maximum Gasteiger partial charge on any atom is 0.329 e. The van der Waals surface area contributed by atoms with E-state index in [1.807, 2.05) is 0 Å². The van der Waals surface area contributed by atoms with Crippen LogP contribution in [0.5, 0.6) is 11.5 Å². The zero-order valence-corrected chi connectivity index (χ0v) is 13.3. The number of carbonyl (C=O) groups is 1. The normalized spacial score (nSPS) is 17.9. The second-order valence-electron chi connectivity index (χ2n) is 5.45. The smallest absolute Gasteiger partial charge is 0.329 e. The molecule has 9 heteroatoms. The molecule has 134 valence electrons. The Balaban J connectivity index is 2.14. The lowest BCUT2D eigenvalue weighted by molar-refractivity contribution is 0.0135. The van der Waals surface area contributed by atoms with Crippen molar-refractivity contribution in [3.63, 3.8) is 0 Å². The van der Waals surface area contributed by atoms with Gasteiger partial charge in [0.15, 0.2) is 0 Å². The van der Waals surface area contributed by atoms with Crippen LogP contribution in [0, 0.1) is 17.1 Å². The van der Waals surface area contributed by atoms with Gasteiger partial charge in [-0.15, -0.1) is 11.6 Å². The van der Waals surface area contributed by atoms with Crippen LogP contribution in [0.2, 0.25) is 0 Å². The van der Waals surface area contributed by atoms with Crippen molar-refractivity contribution in [2.45, 2.75) is 17.7 Å². The molecule has 0 radical (unpaired) electrons. The number of nitrogens with zero attached hydrogens (tertiary/aromatic N) is 1. The van der Waals surface area contributed by atoms with Crippen LogP contribution in [0.3, 0.4) is 0 Å². The summed E-state index contributed by atoms with van der Waals surface area (Å²) < 4.78 is 73.3. The van der Waals surface area contributed by atoms with Gasteiger partial charge in [-0.2, -0.15) is 14.0 Å². The summed E-state index contributed by atoms with van der Waals surface area (Å²) in [6.07, 6.45) is -3.33. The molecule has 0 amide bonds. The van der Waals surface area contributed by atoms with Gasteiger partial charge in [0.2, 0.25) is 5.78 Å². The Kier molecular flexibility index (Phi) is 4.36. The fraction of sp³-hybridized carbons (Fsp3) is 0.176. The van der Waals surface area contributed by atoms with E-state index in [1.54, 1.807) is 6.07 Å². The van der Waals surface area contributed by atoms with E-state index in [-0.39, 0.29) is 11.3 Å². The average molecular weight is 388 g/mol. The molecular weight excluding hydrogens is 381 g/mol. The van der Waals surface area contributed by atoms with Crippen LogP contribution in [-0.2, 0) is 0 Å². The third kappa shape index (κ3) is 2.78. The van der Waals surface area contributed by atoms with Crippen molar-refractivity contribution in [2.75, 3.05) is 0 Å². The van der Waals surface area contributed by atoms with Gasteiger partial charge in [0.05, 0.1) is 17.2 Å². The van der Waals surface area contributed by atoms with Crippen LogP contribution >= 0.6 is 11.6 Å². The highest BCUT2D eigenvalue weighted by Gasteiger charge is 2.56. The van der Waals surface area contributed by atoms with Gasteiger partial charge in [0, 0.05) is 11.6 Å². The lowest BCUT2D eigenvalue weighted by atomic mass is 10.0. The highest BCUT2D eigenvalue weighted by Crippen LogP contribution is 2.51. The predicted molar refractivity (Wildman–Crippen MR) is 80.5 cm³/mol. The number of halogens is 6. The number of fused-ring (bicyclic) bond motifs is 1. The molecule has 2 aromatic rings. The molecule has 2 aromatic carbocycles. The van der Waals surface area contributed by atoms with E-state index < -0.39 is 51.8 Å². The van der Waals surface area contributed by atoms with Gasteiger partial charge in [-0.05, 0) is 23.8 Å². The molecule has 0 saturated carbocycles. The van der Waals surface area contributed by atoms with E-state index in [1.165, 1.54) is 0 Å². The first kappa shape index (κ1) is 18.1. The Morgan fingerprint density at radius 1 is 1.23 bits per heavy atom. The van der Waals surface area contributed by atoms with E-state index in [0.29, 0.717) is 0 Å². The lowest BCUT2D eigenvalue weighted by Gasteiger charge is -2.14. The molecule has 0 saturated heterocycles. The van der Waals surface area contributed by atoms with E-state index in [9.17, 15) is 26.7 Å². The Labute approximate surface area is 148 Å². The summed E-state index contributed by atoms with van der Waals surface area (Å²) in [6, 6.07) is 6.38. The number of ketones is 1. The lowest BCUT2D eigenvalue weighted by Crippen LogP contribution is -2.26. The van der Waals surface area contributed by atoms with Crippen LogP contribution in [0.1, 0.15) is 38.9 Å². The first-order chi connectivity index (χ1) is 12.2. The molecule has 0 heterocycles. The Morgan fingerprint density at radius 3 is 2.54 bits per heavy atom. The Morgan fingerprint density at radius 2 is 1.92 bits per heavy atom. The molecule has 1 aliphatic rings. The summed E-state index contributed by atoms with van der Waals surface area (Å²) in [4.78, 5) is 11.9. The standard InChI is InChI=1S/C17H7ClF5NO2/c18-14-10-1-2-11(26-9-4-7(6-24)3-8(19)5-9)13(16(20)21)12(10)15(25)17(14,22)23/h1-5,14,16H. The number of hydrogen-bond acceptors (Lipinski definition) is 3. The SMILES string of the molecule is N#Cc1cc(F)cc(Oc2ccc3c(c2C(F)F)C(=O)C(F)(F)C3Cl)c1. The largest absolute Gasteiger partial charge is 0.457 e. The Hall–Kier alpha value is -2.66. The molecule has 0 spiro atoms. The van der Waals surface area contributed by atoms with E-state index in [0.717, 1.165) is 30.3 Å². The minimum atomic E-state index is -4.03. The van der Waals surface area contributed by atoms with Crippen molar-refractivity contribution < 1.29 is 31.5 Å². The van der Waals surface area contributed by atoms with Gasteiger partial charge >= 0.3 is 5.92 Å². The second kappa shape index (κ2) is 6.25. The minimum absolute atomic E-state index is 0.136. The van der Waals surface area contributed by atoms with Gasteiger partial charge < -0.3 is 4.74 Å². The van der Waals surface area contributed by atoms with Crippen molar-refractivity contribution in [1.29, 1.82) is 5.26 Å². The number of Topliss-reactive ketones (excluding diaryl/α,β-unsaturated/α-hetero) is 1. The summed E-state index contributed by atoms with van der Waals surface area (Å²) in [5, 5.41) is 6.74. The monoisotopic (exact) mass is 387 g/mol. The molecule has 3 nitrogen and oxygen atoms in total. The predicted octanol–water partition coefficient (Wildman–Crippen LogP) is 5.54. The average Bonchev–Trinajstić information content (AvgIpc) is 2.74. The fourth-order valence-electron chi connectivity index (χ4n) is 2.68. The fourth-order valence-corrected chi connectivity index (χ4v) is 2.96. The van der Waals surface area contributed by atoms with Crippen molar-refractivity contribution >= 4 is 17.4 Å². The van der Waals surface area contributed by atoms with Crippen LogP contribution in [-0.4, -0.2) is 11.7 Å². The van der Waals surface area contributed by atoms with Crippen LogP contribution in [0.15, 0.2) is 30.3 Å². The molecule has 0 N–H and O–H groups in total. The van der Waals surface area contributed by atoms with Gasteiger partial charge in [-0.3, -0.25) is 4.79 Å². The summed E-state index contributed by atoms with van der Waals surface area (Å²) in [5.41, 5.74) is -2.53. The van der Waals surface area contributed by atoms with Gasteiger partial charge in [0.1, 0.15) is 22.7 Å². The zero-order valence-electron chi connectivity index (χ0n) is 12.6. The molecular formula is C17H7ClF5NO2. The number of ether oxygens (including phenoxy) is 1. The van der Waals surface area contributed by atoms with Crippen LogP contribution in [0.4, 0.5) is 22.0 Å². The van der Waals surface area contributed by atoms with E-state index in [2.05, 4.69) is 0 Å². The van der Waals surface area contributed by atoms with Gasteiger partial charge in [-0.25, -0.2) is 13.2 Å².